The second-order valence-electron chi connectivity index (χ2n) is 5.39. The first-order chi connectivity index (χ1) is 9.46. The zero-order valence-corrected chi connectivity index (χ0v) is 11.9. The van der Waals surface area contributed by atoms with Gasteiger partial charge in [-0.15, -0.1) is 0 Å². The van der Waals surface area contributed by atoms with Gasteiger partial charge in [-0.05, 0) is 19.9 Å². The molecule has 0 aliphatic carbocycles. The van der Waals surface area contributed by atoms with Crippen molar-refractivity contribution in [1.82, 2.24) is 4.90 Å². The fraction of sp³-hybridized carbons (Fsp3) is 0.467. The molecule has 1 amide bonds. The smallest absolute Gasteiger partial charge is 0.334 e. The maximum atomic E-state index is 12.1. The van der Waals surface area contributed by atoms with Gasteiger partial charge in [0.25, 0.3) is 0 Å². The molecular formula is C15H19NO4. The standard InChI is InChI=1S/C15H19NO4/c1-10(2)16(9-17)15(14(18)19)11(3)8-20-13-7-5-4-6-12(13)15/h4-7,9-11H,8H2,1-3H3,(H,18,19). The molecule has 20 heavy (non-hydrogen) atoms. The van der Waals surface area contributed by atoms with Gasteiger partial charge in [0.1, 0.15) is 5.75 Å². The van der Waals surface area contributed by atoms with Gasteiger partial charge >= 0.3 is 5.97 Å². The van der Waals surface area contributed by atoms with Gasteiger partial charge in [0.15, 0.2) is 5.54 Å². The molecule has 0 radical (unpaired) electrons. The minimum Gasteiger partial charge on any atom is -0.493 e. The van der Waals surface area contributed by atoms with Crippen LogP contribution in [0.25, 0.3) is 0 Å². The molecule has 0 aromatic heterocycles. The van der Waals surface area contributed by atoms with E-state index in [2.05, 4.69) is 0 Å². The molecule has 0 spiro atoms. The van der Waals surface area contributed by atoms with Crippen molar-refractivity contribution in [3.63, 3.8) is 0 Å². The molecule has 5 heteroatoms. The Morgan fingerprint density at radius 1 is 1.50 bits per heavy atom. The van der Waals surface area contributed by atoms with Crippen LogP contribution in [0.5, 0.6) is 5.75 Å². The number of hydrogen-bond donors (Lipinski definition) is 1. The number of amides is 1. The first-order valence-electron chi connectivity index (χ1n) is 6.65. The first kappa shape index (κ1) is 14.4. The van der Waals surface area contributed by atoms with Crippen LogP contribution in [0.2, 0.25) is 0 Å². The Morgan fingerprint density at radius 2 is 2.15 bits per heavy atom. The third-order valence-electron chi connectivity index (χ3n) is 3.90. The van der Waals surface area contributed by atoms with Crippen molar-refractivity contribution in [2.24, 2.45) is 5.92 Å². The van der Waals surface area contributed by atoms with Crippen LogP contribution in [0.3, 0.4) is 0 Å². The zero-order valence-electron chi connectivity index (χ0n) is 11.9. The number of benzene rings is 1. The van der Waals surface area contributed by atoms with Crippen LogP contribution in [0.4, 0.5) is 0 Å². The van der Waals surface area contributed by atoms with Crippen LogP contribution in [0, 0.1) is 5.92 Å². The van der Waals surface area contributed by atoms with Gasteiger partial charge in [-0.2, -0.15) is 0 Å². The summed E-state index contributed by atoms with van der Waals surface area (Å²) in [4.78, 5) is 25.0. The number of ether oxygens (including phenoxy) is 1. The molecule has 1 aromatic carbocycles. The van der Waals surface area contributed by atoms with E-state index in [1.165, 1.54) is 4.90 Å². The Morgan fingerprint density at radius 3 is 2.70 bits per heavy atom. The number of carbonyl (C=O) groups is 2. The molecule has 1 aromatic rings. The normalized spacial score (nSPS) is 24.7. The topological polar surface area (TPSA) is 66.8 Å². The molecule has 5 nitrogen and oxygen atoms in total. The third-order valence-corrected chi connectivity index (χ3v) is 3.90. The molecule has 1 aliphatic rings. The molecule has 0 fully saturated rings. The quantitative estimate of drug-likeness (QED) is 0.853. The largest absolute Gasteiger partial charge is 0.493 e. The number of fused-ring (bicyclic) bond motifs is 1. The number of rotatable bonds is 4. The van der Waals surface area contributed by atoms with Gasteiger partial charge in [0, 0.05) is 17.5 Å². The van der Waals surface area contributed by atoms with Crippen molar-refractivity contribution in [2.75, 3.05) is 6.61 Å². The number of carboxylic acid groups (broad SMARTS) is 1. The average Bonchev–Trinajstić information content (AvgIpc) is 2.41. The number of aliphatic carboxylic acids is 1. The molecule has 0 saturated carbocycles. The number of para-hydroxylation sites is 1. The zero-order chi connectivity index (χ0) is 14.9. The highest BCUT2D eigenvalue weighted by molar-refractivity contribution is 5.85. The lowest BCUT2D eigenvalue weighted by Gasteiger charge is -2.47. The van der Waals surface area contributed by atoms with E-state index in [-0.39, 0.29) is 18.6 Å². The van der Waals surface area contributed by atoms with Crippen LogP contribution in [0.15, 0.2) is 24.3 Å². The van der Waals surface area contributed by atoms with E-state index >= 15 is 0 Å². The lowest BCUT2D eigenvalue weighted by molar-refractivity contribution is -0.165. The summed E-state index contributed by atoms with van der Waals surface area (Å²) in [6.07, 6.45) is 0.622. The number of nitrogens with zero attached hydrogens (tertiary/aromatic N) is 1. The van der Waals surface area contributed by atoms with E-state index in [0.717, 1.165) is 0 Å². The van der Waals surface area contributed by atoms with Crippen molar-refractivity contribution < 1.29 is 19.4 Å². The summed E-state index contributed by atoms with van der Waals surface area (Å²) >= 11 is 0. The van der Waals surface area contributed by atoms with Gasteiger partial charge in [0.05, 0.1) is 6.61 Å². The van der Waals surface area contributed by atoms with E-state index < -0.39 is 11.5 Å². The molecule has 0 saturated heterocycles. The predicted octanol–water partition coefficient (Wildman–Crippen LogP) is 1.86. The van der Waals surface area contributed by atoms with Gasteiger partial charge < -0.3 is 14.7 Å². The van der Waals surface area contributed by atoms with Crippen LogP contribution in [-0.2, 0) is 15.1 Å². The molecule has 2 unspecified atom stereocenters. The van der Waals surface area contributed by atoms with Gasteiger partial charge in [-0.1, -0.05) is 25.1 Å². The first-order valence-corrected chi connectivity index (χ1v) is 6.65. The number of carbonyl (C=O) groups excluding carboxylic acids is 1. The summed E-state index contributed by atoms with van der Waals surface area (Å²) < 4.78 is 5.61. The molecule has 0 bridgehead atoms. The van der Waals surface area contributed by atoms with Crippen LogP contribution in [-0.4, -0.2) is 35.0 Å². The summed E-state index contributed by atoms with van der Waals surface area (Å²) in [7, 11) is 0. The Hall–Kier alpha value is -2.04. The summed E-state index contributed by atoms with van der Waals surface area (Å²) in [6.45, 7) is 5.68. The molecule has 108 valence electrons. The Bertz CT molecular complexity index is 528. The van der Waals surface area contributed by atoms with Crippen molar-refractivity contribution in [3.8, 4) is 5.75 Å². The highest BCUT2D eigenvalue weighted by atomic mass is 16.5. The van der Waals surface area contributed by atoms with Gasteiger partial charge in [-0.3, -0.25) is 4.79 Å². The lowest BCUT2D eigenvalue weighted by atomic mass is 9.75. The molecule has 1 N–H and O–H groups in total. The fourth-order valence-corrected chi connectivity index (χ4v) is 2.95. The van der Waals surface area contributed by atoms with E-state index in [0.29, 0.717) is 17.7 Å². The Labute approximate surface area is 118 Å². The summed E-state index contributed by atoms with van der Waals surface area (Å²) in [6, 6.07) is 6.79. The second kappa shape index (κ2) is 5.15. The van der Waals surface area contributed by atoms with Gasteiger partial charge in [0.2, 0.25) is 6.41 Å². The van der Waals surface area contributed by atoms with Crippen LogP contribution in [0.1, 0.15) is 26.3 Å². The maximum Gasteiger partial charge on any atom is 0.334 e. The SMILES string of the molecule is CC(C)N(C=O)C1(C(=O)O)c2ccccc2OCC1C. The minimum atomic E-state index is -1.38. The van der Waals surface area contributed by atoms with Crippen molar-refractivity contribution >= 4 is 12.4 Å². The predicted molar refractivity (Wildman–Crippen MR) is 73.5 cm³/mol. The van der Waals surface area contributed by atoms with Crippen LogP contribution >= 0.6 is 0 Å². The molecule has 2 atom stereocenters. The highest BCUT2D eigenvalue weighted by Gasteiger charge is 2.54. The Balaban J connectivity index is 2.73. The lowest BCUT2D eigenvalue weighted by Crippen LogP contribution is -2.60. The number of hydrogen-bond acceptors (Lipinski definition) is 3. The van der Waals surface area contributed by atoms with Crippen molar-refractivity contribution in [3.05, 3.63) is 29.8 Å². The maximum absolute atomic E-state index is 12.1. The van der Waals surface area contributed by atoms with E-state index in [9.17, 15) is 14.7 Å². The second-order valence-corrected chi connectivity index (χ2v) is 5.39. The van der Waals surface area contributed by atoms with E-state index in [4.69, 9.17) is 4.74 Å². The monoisotopic (exact) mass is 277 g/mol. The average molecular weight is 277 g/mol. The minimum absolute atomic E-state index is 0.225. The summed E-state index contributed by atoms with van der Waals surface area (Å²) in [5, 5.41) is 9.90. The summed E-state index contributed by atoms with van der Waals surface area (Å²) in [5.41, 5.74) is -0.850. The molecule has 2 rings (SSSR count). The molecule has 1 aliphatic heterocycles. The van der Waals surface area contributed by atoms with Crippen LogP contribution < -0.4 is 4.74 Å². The van der Waals surface area contributed by atoms with Crippen molar-refractivity contribution in [2.45, 2.75) is 32.4 Å². The van der Waals surface area contributed by atoms with E-state index in [1.54, 1.807) is 31.2 Å². The van der Waals surface area contributed by atoms with E-state index in [1.807, 2.05) is 13.8 Å². The Kier molecular flexibility index (Phi) is 3.70. The molecule has 1 heterocycles. The third kappa shape index (κ3) is 1.85. The number of carboxylic acids is 1. The fourth-order valence-electron chi connectivity index (χ4n) is 2.95. The highest BCUT2D eigenvalue weighted by Crippen LogP contribution is 2.45. The summed E-state index contributed by atoms with van der Waals surface area (Å²) in [5.74, 6) is -0.843. The van der Waals surface area contributed by atoms with Gasteiger partial charge in [-0.25, -0.2) is 4.79 Å². The van der Waals surface area contributed by atoms with Crippen molar-refractivity contribution in [1.29, 1.82) is 0 Å². The molecular weight excluding hydrogens is 258 g/mol.